The van der Waals surface area contributed by atoms with Gasteiger partial charge in [-0.3, -0.25) is 0 Å². The van der Waals surface area contributed by atoms with Crippen LogP contribution >= 0.6 is 0 Å². The van der Waals surface area contributed by atoms with Crippen LogP contribution in [0.5, 0.6) is 0 Å². The number of nitriles is 1. The van der Waals surface area contributed by atoms with E-state index in [1.807, 2.05) is 25.1 Å². The largest absolute Gasteiger partial charge is 0.375 e. The zero-order valence-electron chi connectivity index (χ0n) is 6.05. The second-order valence-corrected chi connectivity index (χ2v) is 2.24. The summed E-state index contributed by atoms with van der Waals surface area (Å²) < 4.78 is 0. The van der Waals surface area contributed by atoms with Crippen LogP contribution in [0.3, 0.4) is 0 Å². The highest BCUT2D eigenvalue weighted by Crippen LogP contribution is 2.14. The van der Waals surface area contributed by atoms with Crippen molar-refractivity contribution in [2.45, 2.75) is 0 Å². The summed E-state index contributed by atoms with van der Waals surface area (Å²) in [4.78, 5) is 4.73. The molecule has 0 bridgehead atoms. The van der Waals surface area contributed by atoms with E-state index in [1.54, 1.807) is 6.20 Å². The third kappa shape index (κ3) is 0.960. The molecule has 0 radical (unpaired) electrons. The minimum Gasteiger partial charge on any atom is -0.375 e. The summed E-state index contributed by atoms with van der Waals surface area (Å²) >= 11 is 0. The summed E-state index contributed by atoms with van der Waals surface area (Å²) in [6.07, 6.45) is 1.76. The first kappa shape index (κ1) is 6.69. The average molecular weight is 135 g/mol. The maximum atomic E-state index is 8.55. The molecule has 1 aromatic heterocycles. The van der Waals surface area contributed by atoms with Crippen LogP contribution in [0.1, 0.15) is 5.69 Å². The molecule has 1 heterocycles. The lowest BCUT2D eigenvalue weighted by atomic mass is 10.4. The molecule has 0 fully saturated rings. The van der Waals surface area contributed by atoms with E-state index in [-0.39, 0.29) is 0 Å². The van der Waals surface area contributed by atoms with Crippen LogP contribution < -0.4 is 4.90 Å². The minimum absolute atomic E-state index is 0.616. The van der Waals surface area contributed by atoms with E-state index in [4.69, 9.17) is 5.26 Å². The van der Waals surface area contributed by atoms with Crippen molar-refractivity contribution in [3.63, 3.8) is 0 Å². The van der Waals surface area contributed by atoms with Gasteiger partial charge in [0.15, 0.2) is 0 Å². The van der Waals surface area contributed by atoms with Gasteiger partial charge in [0.1, 0.15) is 11.8 Å². The fraction of sp³-hybridized carbons (Fsp3) is 0.286. The van der Waals surface area contributed by atoms with E-state index in [9.17, 15) is 0 Å². The standard InChI is InChI=1S/C7H9N3/c1-10(2)7-3-4-9-6(7)5-8/h3-4,9H,1-2H3. The molecule has 0 spiro atoms. The first-order valence-electron chi connectivity index (χ1n) is 3.00. The van der Waals surface area contributed by atoms with E-state index in [2.05, 4.69) is 11.1 Å². The summed E-state index contributed by atoms with van der Waals surface area (Å²) in [7, 11) is 3.81. The lowest BCUT2D eigenvalue weighted by Gasteiger charge is -2.08. The molecule has 0 aliphatic carbocycles. The Kier molecular flexibility index (Phi) is 1.63. The number of rotatable bonds is 1. The molecule has 52 valence electrons. The molecule has 1 N–H and O–H groups in total. The Morgan fingerprint density at radius 2 is 2.30 bits per heavy atom. The molecule has 0 saturated heterocycles. The summed E-state index contributed by atoms with van der Waals surface area (Å²) in [6.45, 7) is 0. The number of H-pyrrole nitrogens is 1. The quantitative estimate of drug-likeness (QED) is 0.623. The van der Waals surface area contributed by atoms with Gasteiger partial charge >= 0.3 is 0 Å². The van der Waals surface area contributed by atoms with Crippen molar-refractivity contribution in [2.24, 2.45) is 0 Å². The molecule has 1 rings (SSSR count). The van der Waals surface area contributed by atoms with Crippen molar-refractivity contribution in [3.8, 4) is 6.07 Å². The van der Waals surface area contributed by atoms with E-state index in [0.717, 1.165) is 5.69 Å². The molecule has 3 heteroatoms. The average Bonchev–Trinajstić information content (AvgIpc) is 2.33. The third-order valence-electron chi connectivity index (χ3n) is 1.32. The minimum atomic E-state index is 0.616. The lowest BCUT2D eigenvalue weighted by Crippen LogP contribution is -2.08. The first-order chi connectivity index (χ1) is 4.75. The van der Waals surface area contributed by atoms with E-state index >= 15 is 0 Å². The Morgan fingerprint density at radius 3 is 2.70 bits per heavy atom. The highest BCUT2D eigenvalue weighted by atomic mass is 15.1. The van der Waals surface area contributed by atoms with Crippen LogP contribution in [0, 0.1) is 11.3 Å². The van der Waals surface area contributed by atoms with Crippen molar-refractivity contribution < 1.29 is 0 Å². The maximum Gasteiger partial charge on any atom is 0.141 e. The lowest BCUT2D eigenvalue weighted by molar-refractivity contribution is 1.12. The van der Waals surface area contributed by atoms with E-state index in [1.165, 1.54) is 0 Å². The summed E-state index contributed by atoms with van der Waals surface area (Å²) in [5, 5.41) is 8.55. The van der Waals surface area contributed by atoms with E-state index in [0.29, 0.717) is 5.69 Å². The smallest absolute Gasteiger partial charge is 0.141 e. The van der Waals surface area contributed by atoms with Crippen LogP contribution in [0.25, 0.3) is 0 Å². The molecular weight excluding hydrogens is 126 g/mol. The van der Waals surface area contributed by atoms with Gasteiger partial charge in [0.05, 0.1) is 5.69 Å². The van der Waals surface area contributed by atoms with Gasteiger partial charge in [-0.25, -0.2) is 0 Å². The predicted molar refractivity (Wildman–Crippen MR) is 39.8 cm³/mol. The van der Waals surface area contributed by atoms with Crippen LogP contribution in [0.15, 0.2) is 12.3 Å². The van der Waals surface area contributed by atoms with E-state index < -0.39 is 0 Å². The maximum absolute atomic E-state index is 8.55. The van der Waals surface area contributed by atoms with Crippen LogP contribution in [0.2, 0.25) is 0 Å². The van der Waals surface area contributed by atoms with Crippen molar-refractivity contribution in [1.82, 2.24) is 4.98 Å². The Balaban J connectivity index is 3.05. The van der Waals surface area contributed by atoms with Crippen LogP contribution in [-0.4, -0.2) is 19.1 Å². The zero-order chi connectivity index (χ0) is 7.56. The second kappa shape index (κ2) is 2.44. The van der Waals surface area contributed by atoms with Crippen LogP contribution in [-0.2, 0) is 0 Å². The van der Waals surface area contributed by atoms with Gasteiger partial charge in [0, 0.05) is 20.3 Å². The number of aromatic nitrogens is 1. The topological polar surface area (TPSA) is 42.8 Å². The normalized spacial score (nSPS) is 8.90. The fourth-order valence-electron chi connectivity index (χ4n) is 0.823. The summed E-state index contributed by atoms with van der Waals surface area (Å²) in [6, 6.07) is 3.93. The summed E-state index contributed by atoms with van der Waals surface area (Å²) in [5.74, 6) is 0. The summed E-state index contributed by atoms with van der Waals surface area (Å²) in [5.41, 5.74) is 1.55. The van der Waals surface area contributed by atoms with Crippen LogP contribution in [0.4, 0.5) is 5.69 Å². The molecule has 0 aliphatic heterocycles. The molecule has 0 unspecified atom stereocenters. The van der Waals surface area contributed by atoms with Crippen molar-refractivity contribution in [3.05, 3.63) is 18.0 Å². The number of aromatic amines is 1. The molecule has 0 aliphatic rings. The van der Waals surface area contributed by atoms with Crippen molar-refractivity contribution >= 4 is 5.69 Å². The Morgan fingerprint density at radius 1 is 1.60 bits per heavy atom. The fourth-order valence-corrected chi connectivity index (χ4v) is 0.823. The highest BCUT2D eigenvalue weighted by Gasteiger charge is 2.02. The molecule has 0 saturated carbocycles. The molecule has 0 atom stereocenters. The third-order valence-corrected chi connectivity index (χ3v) is 1.32. The Bertz CT molecular complexity index is 254. The van der Waals surface area contributed by atoms with Gasteiger partial charge in [0.2, 0.25) is 0 Å². The van der Waals surface area contributed by atoms with Crippen molar-refractivity contribution in [2.75, 3.05) is 19.0 Å². The van der Waals surface area contributed by atoms with Gasteiger partial charge in [-0.05, 0) is 6.07 Å². The number of nitrogens with one attached hydrogen (secondary N) is 1. The number of hydrogen-bond acceptors (Lipinski definition) is 2. The number of nitrogens with zero attached hydrogens (tertiary/aromatic N) is 2. The van der Waals surface area contributed by atoms with Gasteiger partial charge < -0.3 is 9.88 Å². The molecule has 0 aromatic carbocycles. The van der Waals surface area contributed by atoms with Gasteiger partial charge in [-0.1, -0.05) is 0 Å². The van der Waals surface area contributed by atoms with Gasteiger partial charge in [0.25, 0.3) is 0 Å². The number of hydrogen-bond donors (Lipinski definition) is 1. The molecular formula is C7H9N3. The molecule has 1 aromatic rings. The molecule has 3 nitrogen and oxygen atoms in total. The van der Waals surface area contributed by atoms with Gasteiger partial charge in [-0.15, -0.1) is 0 Å². The van der Waals surface area contributed by atoms with Crippen molar-refractivity contribution in [1.29, 1.82) is 5.26 Å². The Hall–Kier alpha value is -1.43. The Labute approximate surface area is 59.9 Å². The zero-order valence-corrected chi connectivity index (χ0v) is 6.05. The first-order valence-corrected chi connectivity index (χ1v) is 3.00. The highest BCUT2D eigenvalue weighted by molar-refractivity contribution is 5.55. The predicted octanol–water partition coefficient (Wildman–Crippen LogP) is 0.952. The molecule has 0 amide bonds. The second-order valence-electron chi connectivity index (χ2n) is 2.24. The number of anilines is 1. The van der Waals surface area contributed by atoms with Gasteiger partial charge in [-0.2, -0.15) is 5.26 Å². The SMILES string of the molecule is CN(C)c1cc[nH]c1C#N. The molecule has 10 heavy (non-hydrogen) atoms. The monoisotopic (exact) mass is 135 g/mol.